The molecule has 1 heterocycles. The van der Waals surface area contributed by atoms with Crippen LogP contribution in [0.2, 0.25) is 4.34 Å². The molecule has 1 fully saturated rings. The molecule has 0 saturated heterocycles. The monoisotopic (exact) mass is 288 g/mol. The van der Waals surface area contributed by atoms with Gasteiger partial charge in [0, 0.05) is 24.1 Å². The van der Waals surface area contributed by atoms with Gasteiger partial charge in [-0.25, -0.2) is 0 Å². The largest absolute Gasteiger partial charge is 0.330 e. The van der Waals surface area contributed by atoms with Crippen LogP contribution in [0.25, 0.3) is 0 Å². The summed E-state index contributed by atoms with van der Waals surface area (Å²) in [6.45, 7) is 4.78. The predicted octanol–water partition coefficient (Wildman–Crippen LogP) is 2.53. The zero-order valence-corrected chi connectivity index (χ0v) is 12.4. The molecule has 18 heavy (non-hydrogen) atoms. The molecule has 1 saturated carbocycles. The first kappa shape index (κ1) is 14.2. The Labute approximate surface area is 118 Å². The van der Waals surface area contributed by atoms with Gasteiger partial charge in [0.05, 0.1) is 0 Å². The number of aromatic nitrogens is 2. The van der Waals surface area contributed by atoms with Crippen molar-refractivity contribution in [1.29, 1.82) is 0 Å². The van der Waals surface area contributed by atoms with Crippen molar-refractivity contribution in [3.63, 3.8) is 0 Å². The van der Waals surface area contributed by atoms with Gasteiger partial charge in [0.1, 0.15) is 10.0 Å². The third kappa shape index (κ3) is 3.20. The molecule has 1 aromatic heterocycles. The summed E-state index contributed by atoms with van der Waals surface area (Å²) < 4.78 is 4.62. The highest BCUT2D eigenvalue weighted by molar-refractivity contribution is 7.10. The summed E-state index contributed by atoms with van der Waals surface area (Å²) in [5, 5.41) is 4.11. The topological polar surface area (TPSA) is 55.0 Å². The van der Waals surface area contributed by atoms with Crippen molar-refractivity contribution in [2.24, 2.45) is 11.7 Å². The molecule has 1 aliphatic rings. The van der Waals surface area contributed by atoms with E-state index in [4.69, 9.17) is 17.3 Å². The molecule has 1 aromatic rings. The fraction of sp³-hybridized carbons (Fsp3) is 0.833. The SMILES string of the molecule is CCN(Cc1nnsc1Cl)C1CCCCC1CN. The highest BCUT2D eigenvalue weighted by Gasteiger charge is 2.29. The van der Waals surface area contributed by atoms with Gasteiger partial charge in [-0.3, -0.25) is 4.90 Å². The van der Waals surface area contributed by atoms with E-state index in [9.17, 15) is 0 Å². The molecule has 102 valence electrons. The summed E-state index contributed by atoms with van der Waals surface area (Å²) in [4.78, 5) is 2.46. The molecule has 1 aliphatic carbocycles. The Morgan fingerprint density at radius 2 is 2.22 bits per heavy atom. The molecule has 0 aliphatic heterocycles. The van der Waals surface area contributed by atoms with Gasteiger partial charge in [0.2, 0.25) is 0 Å². The van der Waals surface area contributed by atoms with Gasteiger partial charge < -0.3 is 5.73 Å². The fourth-order valence-electron chi connectivity index (χ4n) is 2.89. The van der Waals surface area contributed by atoms with E-state index in [1.807, 2.05) is 0 Å². The van der Waals surface area contributed by atoms with Gasteiger partial charge in [-0.2, -0.15) is 0 Å². The lowest BCUT2D eigenvalue weighted by molar-refractivity contribution is 0.104. The van der Waals surface area contributed by atoms with E-state index >= 15 is 0 Å². The van der Waals surface area contributed by atoms with Crippen LogP contribution in [0.3, 0.4) is 0 Å². The van der Waals surface area contributed by atoms with Crippen molar-refractivity contribution in [1.82, 2.24) is 14.5 Å². The van der Waals surface area contributed by atoms with Crippen molar-refractivity contribution in [2.75, 3.05) is 13.1 Å². The maximum Gasteiger partial charge on any atom is 0.138 e. The first-order valence-corrected chi connectivity index (χ1v) is 7.82. The number of halogens is 1. The van der Waals surface area contributed by atoms with Crippen LogP contribution in [0.15, 0.2) is 0 Å². The van der Waals surface area contributed by atoms with Gasteiger partial charge in [0.25, 0.3) is 0 Å². The van der Waals surface area contributed by atoms with E-state index in [1.165, 1.54) is 37.2 Å². The van der Waals surface area contributed by atoms with Crippen molar-refractivity contribution in [3.05, 3.63) is 10.0 Å². The normalized spacial score (nSPS) is 24.7. The maximum absolute atomic E-state index is 6.09. The molecule has 0 bridgehead atoms. The summed E-state index contributed by atoms with van der Waals surface area (Å²) in [5.41, 5.74) is 6.82. The third-order valence-electron chi connectivity index (χ3n) is 3.91. The molecular weight excluding hydrogens is 268 g/mol. The zero-order valence-electron chi connectivity index (χ0n) is 10.8. The van der Waals surface area contributed by atoms with E-state index in [0.717, 1.165) is 25.3 Å². The van der Waals surface area contributed by atoms with E-state index in [2.05, 4.69) is 21.4 Å². The number of nitrogens with two attached hydrogens (primary N) is 1. The van der Waals surface area contributed by atoms with Gasteiger partial charge in [0.15, 0.2) is 0 Å². The number of hydrogen-bond acceptors (Lipinski definition) is 5. The highest BCUT2D eigenvalue weighted by Crippen LogP contribution is 2.29. The third-order valence-corrected chi connectivity index (χ3v) is 4.89. The molecule has 2 N–H and O–H groups in total. The molecule has 4 nitrogen and oxygen atoms in total. The van der Waals surface area contributed by atoms with Gasteiger partial charge in [-0.05, 0) is 31.8 Å². The van der Waals surface area contributed by atoms with E-state index in [0.29, 0.717) is 16.3 Å². The average Bonchev–Trinajstić information content (AvgIpc) is 2.81. The molecule has 0 radical (unpaired) electrons. The van der Waals surface area contributed by atoms with Crippen LogP contribution in [-0.4, -0.2) is 33.6 Å². The van der Waals surface area contributed by atoms with Crippen molar-refractivity contribution in [3.8, 4) is 0 Å². The Kier molecular flexibility index (Phi) is 5.36. The predicted molar refractivity (Wildman–Crippen MR) is 75.8 cm³/mol. The van der Waals surface area contributed by atoms with E-state index in [1.54, 1.807) is 0 Å². The van der Waals surface area contributed by atoms with Crippen LogP contribution in [0.4, 0.5) is 0 Å². The van der Waals surface area contributed by atoms with Crippen LogP contribution >= 0.6 is 23.1 Å². The van der Waals surface area contributed by atoms with Gasteiger partial charge in [-0.1, -0.05) is 35.9 Å². The minimum Gasteiger partial charge on any atom is -0.330 e. The summed E-state index contributed by atoms with van der Waals surface area (Å²) in [6, 6.07) is 0.575. The summed E-state index contributed by atoms with van der Waals surface area (Å²) in [5.74, 6) is 0.615. The fourth-order valence-corrected chi connectivity index (χ4v) is 3.50. The molecule has 2 atom stereocenters. The van der Waals surface area contributed by atoms with Crippen molar-refractivity contribution < 1.29 is 0 Å². The molecule has 0 amide bonds. The van der Waals surface area contributed by atoms with E-state index < -0.39 is 0 Å². The smallest absolute Gasteiger partial charge is 0.138 e. The molecule has 6 heteroatoms. The second-order valence-electron chi connectivity index (χ2n) is 4.90. The van der Waals surface area contributed by atoms with Crippen molar-refractivity contribution in [2.45, 2.75) is 45.2 Å². The van der Waals surface area contributed by atoms with Crippen LogP contribution in [-0.2, 0) is 6.54 Å². The highest BCUT2D eigenvalue weighted by atomic mass is 35.5. The zero-order chi connectivity index (χ0) is 13.0. The van der Waals surface area contributed by atoms with Gasteiger partial charge in [-0.15, -0.1) is 5.10 Å². The first-order chi connectivity index (χ1) is 8.76. The van der Waals surface area contributed by atoms with Crippen LogP contribution in [0.1, 0.15) is 38.3 Å². The van der Waals surface area contributed by atoms with E-state index in [-0.39, 0.29) is 0 Å². The van der Waals surface area contributed by atoms with Crippen LogP contribution in [0.5, 0.6) is 0 Å². The number of rotatable bonds is 5. The van der Waals surface area contributed by atoms with Crippen LogP contribution < -0.4 is 5.73 Å². The first-order valence-electron chi connectivity index (χ1n) is 6.67. The number of hydrogen-bond donors (Lipinski definition) is 1. The van der Waals surface area contributed by atoms with Gasteiger partial charge >= 0.3 is 0 Å². The molecule has 0 spiro atoms. The Morgan fingerprint density at radius 3 is 2.83 bits per heavy atom. The molecule has 2 rings (SSSR count). The van der Waals surface area contributed by atoms with Crippen molar-refractivity contribution >= 4 is 23.1 Å². The quantitative estimate of drug-likeness (QED) is 0.905. The van der Waals surface area contributed by atoms with Crippen LogP contribution in [0, 0.1) is 5.92 Å². The lowest BCUT2D eigenvalue weighted by Gasteiger charge is -2.38. The minimum absolute atomic E-state index is 0.575. The standard InChI is InChI=1S/C12H21ClN4S/c1-2-17(8-10-12(13)18-16-15-10)11-6-4-3-5-9(11)7-14/h9,11H,2-8,14H2,1H3. The lowest BCUT2D eigenvalue weighted by Crippen LogP contribution is -2.44. The summed E-state index contributed by atoms with van der Waals surface area (Å²) in [6.07, 6.45) is 5.11. The molecular formula is C12H21ClN4S. The Bertz CT molecular complexity index is 371. The second kappa shape index (κ2) is 6.80. The maximum atomic E-state index is 6.09. The summed E-state index contributed by atoms with van der Waals surface area (Å²) in [7, 11) is 0. The Morgan fingerprint density at radius 1 is 1.44 bits per heavy atom. The average molecular weight is 289 g/mol. The number of nitrogens with zero attached hydrogens (tertiary/aromatic N) is 3. The minimum atomic E-state index is 0.575. The lowest BCUT2D eigenvalue weighted by atomic mass is 9.83. The Balaban J connectivity index is 2.05. The second-order valence-corrected chi connectivity index (χ2v) is 6.26. The summed E-state index contributed by atoms with van der Waals surface area (Å²) >= 11 is 7.36. The Hall–Kier alpha value is -0.230. The molecule has 2 unspecified atom stereocenters. The molecule has 0 aromatic carbocycles.